The molecule has 14 aromatic carbocycles. The van der Waals surface area contributed by atoms with Gasteiger partial charge in [0.1, 0.15) is 68.9 Å². The van der Waals surface area contributed by atoms with Crippen LogP contribution in [0, 0.1) is 45.3 Å². The third kappa shape index (κ3) is 6.91. The van der Waals surface area contributed by atoms with E-state index in [-0.39, 0.29) is 0 Å². The average Bonchev–Trinajstić information content (AvgIpc) is 1.56. The normalized spacial score (nSPS) is 12.2. The molecule has 0 N–H and O–H groups in total. The minimum atomic E-state index is 0.364. The first kappa shape index (κ1) is 53.8. The van der Waals surface area contributed by atoms with E-state index in [1.807, 2.05) is 158 Å². The lowest BCUT2D eigenvalue weighted by atomic mass is 9.96. The third-order valence-electron chi connectivity index (χ3n) is 20.9. The van der Waals surface area contributed by atoms with Crippen molar-refractivity contribution in [2.45, 2.75) is 0 Å². The molecule has 22 aromatic rings. The number of nitriles is 4. The van der Waals surface area contributed by atoms with E-state index in [9.17, 15) is 21.0 Å². The summed E-state index contributed by atoms with van der Waals surface area (Å²) in [7, 11) is 0. The third-order valence-corrected chi connectivity index (χ3v) is 20.9. The number of nitrogens with zero attached hydrogens (tertiary/aromatic N) is 8. The van der Waals surface area contributed by atoms with Crippen molar-refractivity contribution < 1.29 is 17.7 Å². The van der Waals surface area contributed by atoms with Crippen LogP contribution in [-0.2, 0) is 0 Å². The fraction of sp³-hybridized carbons (Fsp3) is 0. The van der Waals surface area contributed by atoms with E-state index in [2.05, 4.69) is 140 Å². The molecule has 0 aliphatic carbocycles. The molecule has 0 fully saturated rings. The Kier molecular flexibility index (Phi) is 10.5. The highest BCUT2D eigenvalue weighted by atomic mass is 16.3. The van der Waals surface area contributed by atoms with Gasteiger partial charge in [0, 0.05) is 75.4 Å². The Morgan fingerprint density at radius 1 is 0.220 bits per heavy atom. The second-order valence-electron chi connectivity index (χ2n) is 25.8. The fourth-order valence-electron chi connectivity index (χ4n) is 16.9. The quantitative estimate of drug-likeness (QED) is 0.164. The van der Waals surface area contributed by atoms with Crippen molar-refractivity contribution in [2.75, 3.05) is 0 Å². The molecule has 458 valence electrons. The topological polar surface area (TPSA) is 167 Å². The van der Waals surface area contributed by atoms with E-state index in [0.717, 1.165) is 169 Å². The van der Waals surface area contributed by atoms with Crippen LogP contribution in [0.25, 0.3) is 209 Å². The van der Waals surface area contributed by atoms with Gasteiger partial charge in [0.05, 0.1) is 99.9 Å². The zero-order chi connectivity index (χ0) is 65.9. The van der Waals surface area contributed by atoms with Crippen LogP contribution < -0.4 is 0 Å². The molecule has 12 heteroatoms. The van der Waals surface area contributed by atoms with Gasteiger partial charge in [0.15, 0.2) is 0 Å². The Morgan fingerprint density at radius 2 is 0.570 bits per heavy atom. The predicted molar refractivity (Wildman–Crippen MR) is 397 cm³/mol. The maximum Gasteiger partial charge on any atom is 0.137 e. The number of fused-ring (bicyclic) bond motifs is 28. The van der Waals surface area contributed by atoms with Crippen molar-refractivity contribution in [3.63, 3.8) is 0 Å². The summed E-state index contributed by atoms with van der Waals surface area (Å²) in [6.45, 7) is 0. The number of benzene rings is 14. The van der Waals surface area contributed by atoms with E-state index in [1.165, 1.54) is 0 Å². The summed E-state index contributed by atoms with van der Waals surface area (Å²) in [6.07, 6.45) is 0. The van der Waals surface area contributed by atoms with Crippen molar-refractivity contribution in [1.82, 2.24) is 18.3 Å². The predicted octanol–water partition coefficient (Wildman–Crippen LogP) is 22.8. The molecule has 8 heterocycles. The zero-order valence-corrected chi connectivity index (χ0v) is 52.5. The Labute approximate surface area is 564 Å². The van der Waals surface area contributed by atoms with Gasteiger partial charge < -0.3 is 35.9 Å². The SMILES string of the molecule is N#Cc1cc(-n2c3ccccc3c3c4c(ccc32)oc2ccc(-c3cccc5c3c3ccc6oc7ccccc7c6c3n5-c3cc(C#N)c(-n5c6ccccc6c6ccc7oc8ccccc8c7c65)cc3C#N)cc24)c(C#N)cc1-n1c2ccccc2c2c3c(ccc21)oc1ccccc13. The number of aromatic nitrogens is 4. The summed E-state index contributed by atoms with van der Waals surface area (Å²) >= 11 is 0. The second-order valence-corrected chi connectivity index (χ2v) is 25.8. The van der Waals surface area contributed by atoms with E-state index < -0.39 is 0 Å². The van der Waals surface area contributed by atoms with Gasteiger partial charge in [-0.3, -0.25) is 0 Å². The Balaban J connectivity index is 0.758. The minimum absolute atomic E-state index is 0.364. The summed E-state index contributed by atoms with van der Waals surface area (Å²) in [5.41, 5.74) is 18.4. The highest BCUT2D eigenvalue weighted by Gasteiger charge is 2.29. The van der Waals surface area contributed by atoms with Crippen molar-refractivity contribution in [3.8, 4) is 58.2 Å². The van der Waals surface area contributed by atoms with Gasteiger partial charge in [-0.15, -0.1) is 0 Å². The molecule has 0 spiro atoms. The summed E-state index contributed by atoms with van der Waals surface area (Å²) in [4.78, 5) is 0. The maximum absolute atomic E-state index is 11.7. The maximum atomic E-state index is 11.7. The molecule has 0 aliphatic rings. The van der Waals surface area contributed by atoms with E-state index in [4.69, 9.17) is 17.7 Å². The first-order valence-corrected chi connectivity index (χ1v) is 32.9. The number of hydrogen-bond acceptors (Lipinski definition) is 8. The van der Waals surface area contributed by atoms with Crippen molar-refractivity contribution in [2.24, 2.45) is 0 Å². The first-order chi connectivity index (χ1) is 49.4. The van der Waals surface area contributed by atoms with Gasteiger partial charge in [-0.2, -0.15) is 21.0 Å². The van der Waals surface area contributed by atoms with Crippen LogP contribution in [0.3, 0.4) is 0 Å². The lowest BCUT2D eigenvalue weighted by Crippen LogP contribution is -2.04. The molecular formula is C88H42N8O4. The Hall–Kier alpha value is -14.6. The molecule has 0 aliphatic heterocycles. The fourth-order valence-corrected chi connectivity index (χ4v) is 16.9. The second kappa shape index (κ2) is 19.5. The molecule has 0 radical (unpaired) electrons. The van der Waals surface area contributed by atoms with Crippen LogP contribution in [0.2, 0.25) is 0 Å². The van der Waals surface area contributed by atoms with Gasteiger partial charge in [-0.25, -0.2) is 0 Å². The molecule has 0 unspecified atom stereocenters. The average molecular weight is 1280 g/mol. The van der Waals surface area contributed by atoms with Gasteiger partial charge in [-0.1, -0.05) is 127 Å². The number of rotatable bonds is 5. The van der Waals surface area contributed by atoms with Crippen molar-refractivity contribution in [1.29, 1.82) is 21.0 Å². The summed E-state index contributed by atoms with van der Waals surface area (Å²) in [5.74, 6) is 0. The number of hydrogen-bond donors (Lipinski definition) is 0. The van der Waals surface area contributed by atoms with Gasteiger partial charge in [0.2, 0.25) is 0 Å². The molecule has 12 nitrogen and oxygen atoms in total. The molecule has 0 bridgehead atoms. The van der Waals surface area contributed by atoms with Crippen LogP contribution in [0.5, 0.6) is 0 Å². The van der Waals surface area contributed by atoms with Crippen LogP contribution in [0.1, 0.15) is 22.3 Å². The zero-order valence-electron chi connectivity index (χ0n) is 52.5. The van der Waals surface area contributed by atoms with E-state index >= 15 is 0 Å². The van der Waals surface area contributed by atoms with Crippen LogP contribution in [-0.4, -0.2) is 18.3 Å². The molecule has 0 saturated carbocycles. The van der Waals surface area contributed by atoms with Crippen molar-refractivity contribution in [3.05, 3.63) is 277 Å². The van der Waals surface area contributed by atoms with E-state index in [0.29, 0.717) is 61.8 Å². The Bertz CT molecular complexity index is 7730. The molecule has 0 amide bonds. The molecule has 8 aromatic heterocycles. The lowest BCUT2D eigenvalue weighted by Gasteiger charge is -2.16. The Morgan fingerprint density at radius 3 is 1.08 bits per heavy atom. The molecule has 22 rings (SSSR count). The minimum Gasteiger partial charge on any atom is -0.456 e. The smallest absolute Gasteiger partial charge is 0.137 e. The molecular weight excluding hydrogens is 1230 g/mol. The number of para-hydroxylation sites is 6. The standard InChI is InChI=1S/C88H42N8O4/c89-43-48-40-69(49(44-90)39-68(48)93-63-22-8-2-15-55(63)81-66(93)31-36-76-83(81)57-17-4-10-25-72(57)97-76)94-64-23-9-3-16-56(64)82-67(94)32-37-77-84(82)61-38-47(28-33-75(61)100-77)52-20-13-24-65-80(52)60-30-35-79-86(59-19-6-12-27-74(59)99-79)88(60)96(65)71-42-50(45-91)70(41-51(71)46-92)95-62-21-7-1-14-53(62)54-29-34-78-85(87(54)95)58-18-5-11-26-73(58)98-78/h1-42H. The summed E-state index contributed by atoms with van der Waals surface area (Å²) in [6, 6.07) is 95.5. The largest absolute Gasteiger partial charge is 0.456 e. The number of furan rings is 4. The summed E-state index contributed by atoms with van der Waals surface area (Å²) < 4.78 is 34.9. The highest BCUT2D eigenvalue weighted by molar-refractivity contribution is 6.31. The van der Waals surface area contributed by atoms with Crippen molar-refractivity contribution >= 4 is 175 Å². The molecule has 100 heavy (non-hydrogen) atoms. The van der Waals surface area contributed by atoms with Gasteiger partial charge >= 0.3 is 0 Å². The van der Waals surface area contributed by atoms with Crippen LogP contribution in [0.15, 0.2) is 272 Å². The van der Waals surface area contributed by atoms with Crippen LogP contribution in [0.4, 0.5) is 0 Å². The van der Waals surface area contributed by atoms with Gasteiger partial charge in [-0.05, 0) is 139 Å². The van der Waals surface area contributed by atoms with E-state index in [1.54, 1.807) is 0 Å². The molecule has 0 saturated heterocycles. The molecule has 0 atom stereocenters. The first-order valence-electron chi connectivity index (χ1n) is 32.9. The van der Waals surface area contributed by atoms with Gasteiger partial charge in [0.25, 0.3) is 0 Å². The highest BCUT2D eigenvalue weighted by Crippen LogP contribution is 2.50. The lowest BCUT2D eigenvalue weighted by molar-refractivity contribution is 0.669. The van der Waals surface area contributed by atoms with Crippen LogP contribution >= 0.6 is 0 Å². The summed E-state index contributed by atoms with van der Waals surface area (Å²) in [5, 5.41) is 61.2. The monoisotopic (exact) mass is 1270 g/mol.